The van der Waals surface area contributed by atoms with E-state index in [2.05, 4.69) is 69.1 Å². The predicted octanol–water partition coefficient (Wildman–Crippen LogP) is 6.50. The van der Waals surface area contributed by atoms with E-state index in [1.54, 1.807) is 0 Å². The van der Waals surface area contributed by atoms with Crippen LogP contribution in [0.4, 0.5) is 9.59 Å². The second kappa shape index (κ2) is 18.0. The maximum Gasteiger partial charge on any atom is 0.408 e. The molecule has 4 aliphatic rings. The van der Waals surface area contributed by atoms with Crippen LogP contribution in [-0.2, 0) is 23.8 Å². The lowest BCUT2D eigenvalue weighted by atomic mass is 9.95. The van der Waals surface area contributed by atoms with Crippen molar-refractivity contribution in [3.8, 4) is 22.4 Å². The monoisotopic (exact) mass is 793 g/mol. The normalized spacial score (nSPS) is 21.5. The maximum atomic E-state index is 13.8. The summed E-state index contributed by atoms with van der Waals surface area (Å²) in [5, 5.41) is 5.53. The van der Waals surface area contributed by atoms with Crippen LogP contribution in [0.3, 0.4) is 0 Å². The number of aromatic nitrogens is 2. The number of rotatable bonds is 12. The quantitative estimate of drug-likeness (QED) is 0.187. The van der Waals surface area contributed by atoms with Gasteiger partial charge in [0.2, 0.25) is 11.8 Å². The van der Waals surface area contributed by atoms with Crippen molar-refractivity contribution < 1.29 is 33.4 Å². The molecule has 1 aromatic heterocycles. The molecule has 7 rings (SSSR count). The van der Waals surface area contributed by atoms with E-state index >= 15 is 0 Å². The average Bonchev–Trinajstić information content (AvgIpc) is 4.08. The van der Waals surface area contributed by atoms with Gasteiger partial charge in [0.05, 0.1) is 44.3 Å². The molecular weight excluding hydrogens is 739 g/mol. The lowest BCUT2D eigenvalue weighted by Gasteiger charge is -2.31. The summed E-state index contributed by atoms with van der Waals surface area (Å²) >= 11 is 0. The van der Waals surface area contributed by atoms with Crippen molar-refractivity contribution in [3.63, 3.8) is 0 Å². The van der Waals surface area contributed by atoms with Crippen molar-refractivity contribution in [2.45, 2.75) is 96.5 Å². The number of methoxy groups -OCH3 is 1. The molecule has 3 aromatic rings. The summed E-state index contributed by atoms with van der Waals surface area (Å²) in [7, 11) is 1.29. The van der Waals surface area contributed by atoms with Crippen LogP contribution in [0.1, 0.15) is 83.6 Å². The summed E-state index contributed by atoms with van der Waals surface area (Å²) in [5.74, 6) is 0.277. The Morgan fingerprint density at radius 3 is 1.93 bits per heavy atom. The minimum atomic E-state index is -0.689. The Hall–Kier alpha value is -5.50. The smallest absolute Gasteiger partial charge is 0.408 e. The van der Waals surface area contributed by atoms with Gasteiger partial charge in [-0.05, 0) is 65.3 Å². The second-order valence-electron chi connectivity index (χ2n) is 16.3. The minimum Gasteiger partial charge on any atom is -0.453 e. The van der Waals surface area contributed by atoms with Crippen molar-refractivity contribution in [1.82, 2.24) is 30.4 Å². The number of amides is 4. The van der Waals surface area contributed by atoms with Crippen LogP contribution in [0.25, 0.3) is 28.0 Å². The molecule has 0 bridgehead atoms. The number of alkyl carbamates (subject to hydrolysis) is 2. The number of hydrogen-bond donors (Lipinski definition) is 3. The van der Waals surface area contributed by atoms with Gasteiger partial charge in [-0.15, -0.1) is 0 Å². The Morgan fingerprint density at radius 1 is 0.776 bits per heavy atom. The summed E-state index contributed by atoms with van der Waals surface area (Å²) in [6.07, 6.45) is 6.91. The van der Waals surface area contributed by atoms with E-state index < -0.39 is 24.3 Å². The fraction of sp³-hybridized carbons (Fsp3) is 0.500. The van der Waals surface area contributed by atoms with Gasteiger partial charge in [-0.2, -0.15) is 0 Å². The molecule has 0 radical (unpaired) electrons. The average molecular weight is 794 g/mol. The minimum absolute atomic E-state index is 0.102. The Kier molecular flexibility index (Phi) is 12.6. The van der Waals surface area contributed by atoms with Crippen LogP contribution in [0, 0.1) is 11.8 Å². The molecule has 14 heteroatoms. The van der Waals surface area contributed by atoms with Gasteiger partial charge in [0, 0.05) is 37.8 Å². The summed E-state index contributed by atoms with van der Waals surface area (Å²) in [5.41, 5.74) is 7.17. The molecule has 5 atom stereocenters. The van der Waals surface area contributed by atoms with Crippen LogP contribution in [0.5, 0.6) is 0 Å². The maximum absolute atomic E-state index is 13.8. The van der Waals surface area contributed by atoms with Crippen molar-refractivity contribution in [2.75, 3.05) is 33.4 Å². The van der Waals surface area contributed by atoms with Crippen molar-refractivity contribution in [1.29, 1.82) is 0 Å². The van der Waals surface area contributed by atoms with Crippen molar-refractivity contribution in [2.24, 2.45) is 16.8 Å². The molecule has 0 saturated carbocycles. The largest absolute Gasteiger partial charge is 0.453 e. The van der Waals surface area contributed by atoms with Gasteiger partial charge in [-0.25, -0.2) is 14.6 Å². The number of likely N-dealkylation sites (tertiary alicyclic amines) is 2. The fourth-order valence-corrected chi connectivity index (χ4v) is 8.38. The number of imidazole rings is 1. The molecular formula is C44H55N7O7. The Labute approximate surface area is 339 Å². The number of aliphatic imine (C=N–C) groups is 1. The van der Waals surface area contributed by atoms with Gasteiger partial charge in [0.1, 0.15) is 24.0 Å². The SMILES string of the molecule is COC(=O)N[C@H](C(=O)N1CCCC1c1ncc(-c2ccc(-c3ccc(C4=CN=C([C@@H]5CCCN5C(=O)[C@@H](NC(=O)O[C@H]5CCOC5)C(C)C)C4)cc3)cc2)[nH]1)C(C)C. The number of carbonyl (C=O) groups is 4. The number of aromatic amines is 1. The first-order valence-corrected chi connectivity index (χ1v) is 20.5. The number of carbonyl (C=O) groups excluding carboxylic acids is 4. The highest BCUT2D eigenvalue weighted by Gasteiger charge is 2.40. The van der Waals surface area contributed by atoms with Crippen LogP contribution >= 0.6 is 0 Å². The van der Waals surface area contributed by atoms with Gasteiger partial charge in [-0.1, -0.05) is 76.2 Å². The second-order valence-corrected chi connectivity index (χ2v) is 16.3. The van der Waals surface area contributed by atoms with Gasteiger partial charge < -0.3 is 39.6 Å². The highest BCUT2D eigenvalue weighted by atomic mass is 16.6. The zero-order valence-corrected chi connectivity index (χ0v) is 34.0. The molecule has 0 spiro atoms. The van der Waals surface area contributed by atoms with Crippen molar-refractivity contribution in [3.05, 3.63) is 72.3 Å². The molecule has 3 N–H and O–H groups in total. The van der Waals surface area contributed by atoms with E-state index in [1.807, 2.05) is 49.9 Å². The third-order valence-corrected chi connectivity index (χ3v) is 11.7. The van der Waals surface area contributed by atoms with Crippen LogP contribution in [0.2, 0.25) is 0 Å². The van der Waals surface area contributed by atoms with E-state index in [1.165, 1.54) is 7.11 Å². The van der Waals surface area contributed by atoms with Gasteiger partial charge >= 0.3 is 12.2 Å². The van der Waals surface area contributed by atoms with Gasteiger partial charge in [0.25, 0.3) is 0 Å². The summed E-state index contributed by atoms with van der Waals surface area (Å²) in [6, 6.07) is 15.1. The van der Waals surface area contributed by atoms with E-state index in [-0.39, 0.29) is 41.8 Å². The molecule has 58 heavy (non-hydrogen) atoms. The summed E-state index contributed by atoms with van der Waals surface area (Å²) in [4.78, 5) is 68.7. The Morgan fingerprint density at radius 2 is 1.34 bits per heavy atom. The zero-order chi connectivity index (χ0) is 40.9. The molecule has 14 nitrogen and oxygen atoms in total. The van der Waals surface area contributed by atoms with E-state index in [4.69, 9.17) is 19.2 Å². The molecule has 4 amide bonds. The van der Waals surface area contributed by atoms with Crippen LogP contribution < -0.4 is 10.6 Å². The summed E-state index contributed by atoms with van der Waals surface area (Å²) in [6.45, 7) is 9.84. The Balaban J connectivity index is 0.948. The standard InChI is InChI=1S/C44H55N7O7/c1-26(2)38(48-43(54)56-5)42(53)51-20-7-9-37(51)40-46-24-35(47-40)31-16-14-29(15-17-31)28-10-12-30(13-11-28)32-22-34(45-23-32)36-8-6-19-50(36)41(52)39(27(3)4)49-44(55)58-33-18-21-57-25-33/h10-17,23-24,26-27,33,36-39H,6-9,18-22,25H2,1-5H3,(H,46,47)(H,48,54)(H,49,55)/t33-,36-,37?,38-,39-/m0/s1. The van der Waals surface area contributed by atoms with Crippen LogP contribution in [-0.4, -0.2) is 107 Å². The lowest BCUT2D eigenvalue weighted by Crippen LogP contribution is -2.54. The lowest BCUT2D eigenvalue weighted by molar-refractivity contribution is -0.135. The number of ether oxygens (including phenoxy) is 3. The molecule has 1 unspecified atom stereocenters. The molecule has 3 fully saturated rings. The number of nitrogens with one attached hydrogen (secondary N) is 3. The summed E-state index contributed by atoms with van der Waals surface area (Å²) < 4.78 is 15.6. The number of H-pyrrole nitrogens is 1. The van der Waals surface area contributed by atoms with Gasteiger partial charge in [0.15, 0.2) is 0 Å². The third-order valence-electron chi connectivity index (χ3n) is 11.7. The molecule has 5 heterocycles. The van der Waals surface area contributed by atoms with E-state index in [0.717, 1.165) is 70.7 Å². The zero-order valence-electron chi connectivity index (χ0n) is 34.0. The molecule has 4 aliphatic heterocycles. The number of hydrogen-bond acceptors (Lipinski definition) is 9. The first-order valence-electron chi connectivity index (χ1n) is 20.5. The predicted molar refractivity (Wildman–Crippen MR) is 220 cm³/mol. The highest BCUT2D eigenvalue weighted by Crippen LogP contribution is 2.35. The Bertz CT molecular complexity index is 2020. The molecule has 308 valence electrons. The highest BCUT2D eigenvalue weighted by molar-refractivity contribution is 6.04. The first-order chi connectivity index (χ1) is 28.0. The number of allylic oxidation sites excluding steroid dienone is 1. The number of benzene rings is 2. The van der Waals surface area contributed by atoms with Crippen molar-refractivity contribution >= 4 is 35.3 Å². The third kappa shape index (κ3) is 8.96. The molecule has 3 saturated heterocycles. The topological polar surface area (TPSA) is 168 Å². The number of nitrogens with zero attached hydrogens (tertiary/aromatic N) is 4. The van der Waals surface area contributed by atoms with E-state index in [9.17, 15) is 19.2 Å². The first kappa shape index (κ1) is 40.7. The fourth-order valence-electron chi connectivity index (χ4n) is 8.38. The van der Waals surface area contributed by atoms with Crippen LogP contribution in [0.15, 0.2) is 65.9 Å². The van der Waals surface area contributed by atoms with Gasteiger partial charge in [-0.3, -0.25) is 14.6 Å². The molecule has 0 aliphatic carbocycles. The van der Waals surface area contributed by atoms with E-state index in [0.29, 0.717) is 39.1 Å². The molecule has 2 aromatic carbocycles.